The maximum Gasteiger partial charge on any atom is 0.306 e. The third-order valence-corrected chi connectivity index (χ3v) is 6.80. The van der Waals surface area contributed by atoms with Crippen molar-refractivity contribution in [2.75, 3.05) is 19.8 Å². The lowest BCUT2D eigenvalue weighted by molar-refractivity contribution is -0.305. The first kappa shape index (κ1) is 34.7. The molecule has 0 aromatic heterocycles. The van der Waals surface area contributed by atoms with Crippen LogP contribution >= 0.6 is 0 Å². The molecule has 0 amide bonds. The molecule has 224 valence electrons. The molecule has 6 atom stereocenters. The van der Waals surface area contributed by atoms with Crippen LogP contribution in [-0.2, 0) is 28.5 Å². The molecule has 1 aliphatic heterocycles. The highest BCUT2D eigenvalue weighted by molar-refractivity contribution is 5.69. The third kappa shape index (κ3) is 15.3. The fourth-order valence-corrected chi connectivity index (χ4v) is 4.44. The van der Waals surface area contributed by atoms with Crippen LogP contribution in [-0.4, -0.2) is 89.0 Å². The number of carbonyl (C=O) groups is 2. The second kappa shape index (κ2) is 21.5. The van der Waals surface area contributed by atoms with Crippen molar-refractivity contribution in [1.82, 2.24) is 0 Å². The number of hydrogen-bond acceptors (Lipinski definition) is 10. The summed E-state index contributed by atoms with van der Waals surface area (Å²) in [4.78, 5) is 23.5. The first-order valence-corrected chi connectivity index (χ1v) is 14.5. The standard InChI is InChI=1S/C28H52O10/c1-3-4-5-6-7-8-9-10-11-12-13-14-15-16-17-24(31)37-22(19-35-21(2)30)20-36-28-27(34)26(33)25(32)23(18-29)38-28/h22-23,25-29,32-34H,3-20H2,1-2H3. The van der Waals surface area contributed by atoms with Crippen LogP contribution in [0.3, 0.4) is 0 Å². The fraction of sp³-hybridized carbons (Fsp3) is 0.929. The quantitative estimate of drug-likeness (QED) is 0.117. The molecule has 1 fully saturated rings. The summed E-state index contributed by atoms with van der Waals surface area (Å²) in [6, 6.07) is 0. The van der Waals surface area contributed by atoms with E-state index in [1.165, 1.54) is 71.1 Å². The van der Waals surface area contributed by atoms with Crippen molar-refractivity contribution in [2.45, 2.75) is 147 Å². The Balaban J connectivity index is 2.22. The molecule has 1 rings (SSSR count). The fourth-order valence-electron chi connectivity index (χ4n) is 4.44. The summed E-state index contributed by atoms with van der Waals surface area (Å²) in [6.45, 7) is 2.37. The van der Waals surface area contributed by atoms with Crippen molar-refractivity contribution in [1.29, 1.82) is 0 Å². The molecule has 0 aromatic carbocycles. The van der Waals surface area contributed by atoms with Gasteiger partial charge in [0.15, 0.2) is 12.4 Å². The van der Waals surface area contributed by atoms with Gasteiger partial charge < -0.3 is 39.4 Å². The van der Waals surface area contributed by atoms with Crippen molar-refractivity contribution in [3.63, 3.8) is 0 Å². The van der Waals surface area contributed by atoms with Crippen LogP contribution in [0.2, 0.25) is 0 Å². The van der Waals surface area contributed by atoms with Gasteiger partial charge in [0, 0.05) is 13.3 Å². The Morgan fingerprint density at radius 2 is 1.29 bits per heavy atom. The predicted molar refractivity (Wildman–Crippen MR) is 141 cm³/mol. The molecule has 0 spiro atoms. The molecule has 0 aromatic rings. The number of hydrogen-bond donors (Lipinski definition) is 4. The predicted octanol–water partition coefficient (Wildman–Crippen LogP) is 3.15. The van der Waals surface area contributed by atoms with Gasteiger partial charge in [-0.3, -0.25) is 9.59 Å². The maximum atomic E-state index is 12.3. The lowest BCUT2D eigenvalue weighted by Gasteiger charge is -2.39. The van der Waals surface area contributed by atoms with Gasteiger partial charge in [-0.25, -0.2) is 0 Å². The second-order valence-electron chi connectivity index (χ2n) is 10.3. The van der Waals surface area contributed by atoms with E-state index in [9.17, 15) is 30.0 Å². The normalized spacial score (nSPS) is 24.2. The highest BCUT2D eigenvalue weighted by Gasteiger charge is 2.44. The summed E-state index contributed by atoms with van der Waals surface area (Å²) in [5.74, 6) is -0.996. The van der Waals surface area contributed by atoms with Crippen LogP contribution in [0.1, 0.15) is 110 Å². The first-order chi connectivity index (χ1) is 18.3. The maximum absolute atomic E-state index is 12.3. The van der Waals surface area contributed by atoms with Gasteiger partial charge in [0.05, 0.1) is 13.2 Å². The molecule has 0 bridgehead atoms. The van der Waals surface area contributed by atoms with Crippen LogP contribution < -0.4 is 0 Å². The summed E-state index contributed by atoms with van der Waals surface area (Å²) in [5.41, 5.74) is 0. The van der Waals surface area contributed by atoms with E-state index in [4.69, 9.17) is 18.9 Å². The Morgan fingerprint density at radius 3 is 1.79 bits per heavy atom. The van der Waals surface area contributed by atoms with E-state index in [2.05, 4.69) is 6.92 Å². The molecular weight excluding hydrogens is 496 g/mol. The molecule has 10 heteroatoms. The highest BCUT2D eigenvalue weighted by Crippen LogP contribution is 2.22. The monoisotopic (exact) mass is 548 g/mol. The van der Waals surface area contributed by atoms with Gasteiger partial charge in [0.25, 0.3) is 0 Å². The zero-order valence-corrected chi connectivity index (χ0v) is 23.4. The Hall–Kier alpha value is -1.30. The molecule has 0 saturated carbocycles. The lowest BCUT2D eigenvalue weighted by atomic mass is 9.99. The van der Waals surface area contributed by atoms with Crippen LogP contribution in [0.5, 0.6) is 0 Å². The Kier molecular flexibility index (Phi) is 19.7. The number of aliphatic hydroxyl groups excluding tert-OH is 4. The molecule has 1 saturated heterocycles. The first-order valence-electron chi connectivity index (χ1n) is 14.5. The largest absolute Gasteiger partial charge is 0.462 e. The Morgan fingerprint density at radius 1 is 0.763 bits per heavy atom. The molecule has 6 unspecified atom stereocenters. The highest BCUT2D eigenvalue weighted by atomic mass is 16.7. The van der Waals surface area contributed by atoms with Gasteiger partial charge in [0.2, 0.25) is 0 Å². The van der Waals surface area contributed by atoms with Crippen molar-refractivity contribution in [2.24, 2.45) is 0 Å². The van der Waals surface area contributed by atoms with Gasteiger partial charge in [-0.15, -0.1) is 0 Å². The molecule has 10 nitrogen and oxygen atoms in total. The Labute approximate surface area is 228 Å². The number of ether oxygens (including phenoxy) is 4. The van der Waals surface area contributed by atoms with Crippen molar-refractivity contribution in [3.05, 3.63) is 0 Å². The number of rotatable bonds is 22. The molecule has 1 heterocycles. The van der Waals surface area contributed by atoms with E-state index < -0.39 is 55.4 Å². The van der Waals surface area contributed by atoms with Crippen LogP contribution in [0.15, 0.2) is 0 Å². The van der Waals surface area contributed by atoms with Gasteiger partial charge in [0.1, 0.15) is 31.0 Å². The van der Waals surface area contributed by atoms with Gasteiger partial charge >= 0.3 is 11.9 Å². The smallest absolute Gasteiger partial charge is 0.306 e. The Bertz CT molecular complexity index is 614. The molecule has 4 N–H and O–H groups in total. The number of esters is 2. The van der Waals surface area contributed by atoms with E-state index in [-0.39, 0.29) is 19.6 Å². The molecular formula is C28H52O10. The van der Waals surface area contributed by atoms with E-state index in [1.807, 2.05) is 0 Å². The summed E-state index contributed by atoms with van der Waals surface area (Å²) < 4.78 is 21.1. The average molecular weight is 549 g/mol. The minimum atomic E-state index is -1.58. The third-order valence-electron chi connectivity index (χ3n) is 6.80. The molecule has 0 aliphatic carbocycles. The van der Waals surface area contributed by atoms with Crippen molar-refractivity contribution >= 4 is 11.9 Å². The van der Waals surface area contributed by atoms with E-state index in [1.54, 1.807) is 0 Å². The summed E-state index contributed by atoms with van der Waals surface area (Å²) in [5, 5.41) is 39.1. The topological polar surface area (TPSA) is 152 Å². The lowest BCUT2D eigenvalue weighted by Crippen LogP contribution is -2.59. The number of unbranched alkanes of at least 4 members (excludes halogenated alkanes) is 13. The molecule has 0 radical (unpaired) electrons. The van der Waals surface area contributed by atoms with E-state index in [0.29, 0.717) is 6.42 Å². The van der Waals surface area contributed by atoms with Crippen LogP contribution in [0.25, 0.3) is 0 Å². The minimum absolute atomic E-state index is 0.231. The van der Waals surface area contributed by atoms with E-state index in [0.717, 1.165) is 19.3 Å². The average Bonchev–Trinajstić information content (AvgIpc) is 2.89. The van der Waals surface area contributed by atoms with Crippen molar-refractivity contribution < 1.29 is 49.0 Å². The van der Waals surface area contributed by atoms with Gasteiger partial charge in [-0.1, -0.05) is 90.4 Å². The minimum Gasteiger partial charge on any atom is -0.462 e. The van der Waals surface area contributed by atoms with Crippen LogP contribution in [0.4, 0.5) is 0 Å². The van der Waals surface area contributed by atoms with Gasteiger partial charge in [-0.2, -0.15) is 0 Å². The van der Waals surface area contributed by atoms with E-state index >= 15 is 0 Å². The second-order valence-corrected chi connectivity index (χ2v) is 10.3. The zero-order valence-electron chi connectivity index (χ0n) is 23.4. The SMILES string of the molecule is CCCCCCCCCCCCCCCCC(=O)OC(COC(C)=O)COC1OC(CO)C(O)C(O)C1O. The van der Waals surface area contributed by atoms with Crippen LogP contribution in [0, 0.1) is 0 Å². The zero-order chi connectivity index (χ0) is 28.2. The summed E-state index contributed by atoms with van der Waals surface area (Å²) >= 11 is 0. The number of aliphatic hydroxyl groups is 4. The summed E-state index contributed by atoms with van der Waals surface area (Å²) in [6.07, 6.45) is 9.21. The van der Waals surface area contributed by atoms with Gasteiger partial charge in [-0.05, 0) is 6.42 Å². The van der Waals surface area contributed by atoms with Crippen molar-refractivity contribution in [3.8, 4) is 0 Å². The summed E-state index contributed by atoms with van der Waals surface area (Å²) in [7, 11) is 0. The molecule has 38 heavy (non-hydrogen) atoms. The molecule has 1 aliphatic rings. The number of carbonyl (C=O) groups excluding carboxylic acids is 2.